The number of aryl methyl sites for hydroxylation is 1. The molecule has 0 aromatic heterocycles. The summed E-state index contributed by atoms with van der Waals surface area (Å²) in [6, 6.07) is 7.91. The molecule has 0 saturated carbocycles. The van der Waals surface area contributed by atoms with E-state index in [2.05, 4.69) is 10.6 Å². The summed E-state index contributed by atoms with van der Waals surface area (Å²) in [5.41, 5.74) is 1.06. The van der Waals surface area contributed by atoms with Crippen LogP contribution in [0.15, 0.2) is 30.3 Å². The van der Waals surface area contributed by atoms with Gasteiger partial charge in [0.1, 0.15) is 12.6 Å². The van der Waals surface area contributed by atoms with E-state index in [1.165, 1.54) is 0 Å². The van der Waals surface area contributed by atoms with Crippen molar-refractivity contribution in [3.8, 4) is 0 Å². The van der Waals surface area contributed by atoms with E-state index in [0.717, 1.165) is 10.5 Å². The van der Waals surface area contributed by atoms with Crippen molar-refractivity contribution < 1.29 is 22.8 Å². The van der Waals surface area contributed by atoms with E-state index in [0.29, 0.717) is 19.3 Å². The Labute approximate surface area is 151 Å². The molecule has 0 radical (unpaired) electrons. The lowest BCUT2D eigenvalue weighted by atomic mass is 10.1. The molecular weight excluding hydrogens is 358 g/mol. The summed E-state index contributed by atoms with van der Waals surface area (Å²) in [6.45, 7) is -0.400. The van der Waals surface area contributed by atoms with Crippen molar-refractivity contribution in [2.45, 2.75) is 31.3 Å². The third-order valence-corrected chi connectivity index (χ3v) is 6.34. The molecule has 0 spiro atoms. The highest BCUT2D eigenvalue weighted by atomic mass is 32.2. The van der Waals surface area contributed by atoms with Gasteiger partial charge in [0, 0.05) is 6.04 Å². The molecule has 2 fully saturated rings. The molecule has 140 valence electrons. The summed E-state index contributed by atoms with van der Waals surface area (Å²) in [4.78, 5) is 37.3. The Morgan fingerprint density at radius 2 is 1.96 bits per heavy atom. The summed E-state index contributed by atoms with van der Waals surface area (Å²) in [7, 11) is -3.11. The topological polar surface area (TPSA) is 113 Å². The zero-order chi connectivity index (χ0) is 18.7. The zero-order valence-electron chi connectivity index (χ0n) is 14.2. The van der Waals surface area contributed by atoms with Gasteiger partial charge in [-0.15, -0.1) is 0 Å². The lowest BCUT2D eigenvalue weighted by Crippen LogP contribution is -2.45. The van der Waals surface area contributed by atoms with Crippen LogP contribution in [-0.2, 0) is 25.8 Å². The van der Waals surface area contributed by atoms with Crippen LogP contribution in [0.4, 0.5) is 4.79 Å². The van der Waals surface area contributed by atoms with Gasteiger partial charge < -0.3 is 10.6 Å². The zero-order valence-corrected chi connectivity index (χ0v) is 15.0. The largest absolute Gasteiger partial charge is 0.351 e. The molecule has 4 amide bonds. The number of hydrogen-bond acceptors (Lipinski definition) is 5. The third kappa shape index (κ3) is 4.40. The molecule has 0 unspecified atom stereocenters. The monoisotopic (exact) mass is 379 g/mol. The van der Waals surface area contributed by atoms with Crippen molar-refractivity contribution in [3.05, 3.63) is 35.9 Å². The van der Waals surface area contributed by atoms with Crippen LogP contribution < -0.4 is 10.6 Å². The molecule has 0 aliphatic carbocycles. The van der Waals surface area contributed by atoms with Gasteiger partial charge in [0.05, 0.1) is 11.5 Å². The third-order valence-electron chi connectivity index (χ3n) is 4.57. The van der Waals surface area contributed by atoms with E-state index >= 15 is 0 Å². The average Bonchev–Trinajstić information content (AvgIpc) is 3.07. The predicted molar refractivity (Wildman–Crippen MR) is 94.0 cm³/mol. The maximum Gasteiger partial charge on any atom is 0.325 e. The highest BCUT2D eigenvalue weighted by molar-refractivity contribution is 7.91. The first-order chi connectivity index (χ1) is 12.3. The highest BCUT2D eigenvalue weighted by Crippen LogP contribution is 2.14. The minimum atomic E-state index is -3.11. The van der Waals surface area contributed by atoms with Gasteiger partial charge in [-0.25, -0.2) is 13.2 Å². The Kier molecular flexibility index (Phi) is 5.26. The second kappa shape index (κ2) is 7.45. The van der Waals surface area contributed by atoms with E-state index < -0.39 is 46.3 Å². The fourth-order valence-electron chi connectivity index (χ4n) is 3.20. The van der Waals surface area contributed by atoms with Gasteiger partial charge in [-0.1, -0.05) is 30.3 Å². The Balaban J connectivity index is 1.51. The first kappa shape index (κ1) is 18.4. The lowest BCUT2D eigenvalue weighted by Gasteiger charge is -2.15. The smallest absolute Gasteiger partial charge is 0.325 e. The van der Waals surface area contributed by atoms with Crippen LogP contribution in [0.3, 0.4) is 0 Å². The number of carbonyl (C=O) groups excluding carboxylic acids is 3. The van der Waals surface area contributed by atoms with Crippen molar-refractivity contribution in [2.75, 3.05) is 18.1 Å². The molecule has 2 N–H and O–H groups in total. The van der Waals surface area contributed by atoms with Gasteiger partial charge in [-0.05, 0) is 24.8 Å². The van der Waals surface area contributed by atoms with Crippen LogP contribution in [0, 0.1) is 0 Å². The molecule has 2 saturated heterocycles. The van der Waals surface area contributed by atoms with Crippen molar-refractivity contribution >= 4 is 27.7 Å². The van der Waals surface area contributed by atoms with Crippen molar-refractivity contribution in [2.24, 2.45) is 0 Å². The molecule has 3 rings (SSSR count). The van der Waals surface area contributed by atoms with Crippen LogP contribution in [-0.4, -0.2) is 61.3 Å². The summed E-state index contributed by atoms with van der Waals surface area (Å²) in [5, 5.41) is 5.18. The number of nitrogens with one attached hydrogen (secondary N) is 2. The molecule has 0 bridgehead atoms. The van der Waals surface area contributed by atoms with E-state index in [9.17, 15) is 22.8 Å². The number of amides is 4. The van der Waals surface area contributed by atoms with E-state index in [-0.39, 0.29) is 11.5 Å². The fraction of sp³-hybridized carbons (Fsp3) is 0.471. The molecule has 2 aliphatic heterocycles. The Morgan fingerprint density at radius 1 is 1.23 bits per heavy atom. The molecule has 2 atom stereocenters. The van der Waals surface area contributed by atoms with Crippen LogP contribution in [0.1, 0.15) is 18.4 Å². The van der Waals surface area contributed by atoms with Crippen LogP contribution in [0.5, 0.6) is 0 Å². The highest BCUT2D eigenvalue weighted by Gasteiger charge is 2.39. The summed E-state index contributed by atoms with van der Waals surface area (Å²) < 4.78 is 22.8. The standard InChI is InChI=1S/C17H21N3O5S/c21-15(18-13-8-9-26(24,25)11-13)10-20-16(22)14(19-17(20)23)7-6-12-4-2-1-3-5-12/h1-5,13-14H,6-11H2,(H,18,21)(H,19,23)/t13-,14-/m1/s1. The second-order valence-corrected chi connectivity index (χ2v) is 8.85. The second-order valence-electron chi connectivity index (χ2n) is 6.62. The number of sulfone groups is 1. The molecule has 2 aliphatic rings. The van der Waals surface area contributed by atoms with Crippen LogP contribution in [0.25, 0.3) is 0 Å². The SMILES string of the molecule is O=C(CN1C(=O)N[C@H](CCc2ccccc2)C1=O)N[C@@H]1CCS(=O)(=O)C1. The van der Waals surface area contributed by atoms with Gasteiger partial charge >= 0.3 is 6.03 Å². The van der Waals surface area contributed by atoms with Crippen LogP contribution >= 0.6 is 0 Å². The number of rotatable bonds is 6. The van der Waals surface area contributed by atoms with Crippen LogP contribution in [0.2, 0.25) is 0 Å². The normalized spacial score (nSPS) is 24.5. The minimum Gasteiger partial charge on any atom is -0.351 e. The maximum absolute atomic E-state index is 12.4. The van der Waals surface area contributed by atoms with Gasteiger partial charge in [0.15, 0.2) is 9.84 Å². The van der Waals surface area contributed by atoms with E-state index in [1.54, 1.807) is 0 Å². The molecular formula is C17H21N3O5S. The van der Waals surface area contributed by atoms with Gasteiger partial charge in [-0.2, -0.15) is 0 Å². The number of hydrogen-bond donors (Lipinski definition) is 2. The molecule has 1 aromatic carbocycles. The number of urea groups is 1. The number of imide groups is 1. The van der Waals surface area contributed by atoms with Gasteiger partial charge in [0.25, 0.3) is 5.91 Å². The fourth-order valence-corrected chi connectivity index (χ4v) is 4.88. The minimum absolute atomic E-state index is 0.0443. The Bertz CT molecular complexity index is 809. The van der Waals surface area contributed by atoms with Crippen molar-refractivity contribution in [3.63, 3.8) is 0 Å². The van der Waals surface area contributed by atoms with Gasteiger partial charge in [-0.3, -0.25) is 14.5 Å². The summed E-state index contributed by atoms with van der Waals surface area (Å²) >= 11 is 0. The predicted octanol–water partition coefficient (Wildman–Crippen LogP) is -0.157. The van der Waals surface area contributed by atoms with Gasteiger partial charge in [0.2, 0.25) is 5.91 Å². The maximum atomic E-state index is 12.4. The lowest BCUT2D eigenvalue weighted by molar-refractivity contribution is -0.132. The number of nitrogens with zero attached hydrogens (tertiary/aromatic N) is 1. The van der Waals surface area contributed by atoms with Crippen molar-refractivity contribution in [1.82, 2.24) is 15.5 Å². The Morgan fingerprint density at radius 3 is 2.62 bits per heavy atom. The van der Waals surface area contributed by atoms with E-state index in [1.807, 2.05) is 30.3 Å². The molecule has 26 heavy (non-hydrogen) atoms. The number of carbonyl (C=O) groups is 3. The summed E-state index contributed by atoms with van der Waals surface area (Å²) in [5.74, 6) is -1.01. The molecule has 9 heteroatoms. The van der Waals surface area contributed by atoms with Crippen molar-refractivity contribution in [1.29, 1.82) is 0 Å². The Hall–Kier alpha value is -2.42. The first-order valence-electron chi connectivity index (χ1n) is 8.50. The molecule has 8 nitrogen and oxygen atoms in total. The van der Waals surface area contributed by atoms with E-state index in [4.69, 9.17) is 0 Å². The quantitative estimate of drug-likeness (QED) is 0.667. The first-order valence-corrected chi connectivity index (χ1v) is 10.3. The molecule has 1 aromatic rings. The average molecular weight is 379 g/mol. The molecule has 2 heterocycles. The summed E-state index contributed by atoms with van der Waals surface area (Å²) in [6.07, 6.45) is 1.44. The number of benzene rings is 1.